The first kappa shape index (κ1) is 17.4. The van der Waals surface area contributed by atoms with Crippen molar-refractivity contribution in [3.63, 3.8) is 0 Å². The fourth-order valence-electron chi connectivity index (χ4n) is 3.80. The van der Waals surface area contributed by atoms with E-state index >= 15 is 0 Å². The van der Waals surface area contributed by atoms with E-state index in [1.807, 2.05) is 11.4 Å². The molecule has 3 heterocycles. The van der Waals surface area contributed by atoms with Crippen molar-refractivity contribution in [2.24, 2.45) is 5.92 Å². The summed E-state index contributed by atoms with van der Waals surface area (Å²) in [6.07, 6.45) is 1.23. The zero-order chi connectivity index (χ0) is 17.9. The standard InChI is InChI=1S/C20H24N4OS/c1-23(14-18-21-17-8-10-26-19(17)20(25)22-18)11-16-7-9-24(13-16)12-15-5-3-2-4-6-15/h2-6,8,10,16H,7,9,11-14H2,1H3,(H,21,22,25)/t16-/m0/s1. The summed E-state index contributed by atoms with van der Waals surface area (Å²) in [5, 5.41) is 1.92. The molecule has 1 aliphatic rings. The fraction of sp³-hybridized carbons (Fsp3) is 0.400. The lowest BCUT2D eigenvalue weighted by atomic mass is 10.1. The van der Waals surface area contributed by atoms with E-state index in [1.54, 1.807) is 0 Å². The van der Waals surface area contributed by atoms with E-state index in [1.165, 1.54) is 23.3 Å². The Morgan fingerprint density at radius 2 is 2.15 bits per heavy atom. The Hall–Kier alpha value is -2.02. The van der Waals surface area contributed by atoms with Crippen LogP contribution in [0.5, 0.6) is 0 Å². The van der Waals surface area contributed by atoms with Crippen molar-refractivity contribution in [1.82, 2.24) is 19.8 Å². The second-order valence-corrected chi connectivity index (χ2v) is 8.14. The van der Waals surface area contributed by atoms with Gasteiger partial charge >= 0.3 is 0 Å². The molecule has 0 amide bonds. The summed E-state index contributed by atoms with van der Waals surface area (Å²) in [6, 6.07) is 12.6. The van der Waals surface area contributed by atoms with Gasteiger partial charge in [0, 0.05) is 19.6 Å². The molecule has 0 spiro atoms. The molecule has 1 fully saturated rings. The molecule has 1 aromatic carbocycles. The Balaban J connectivity index is 1.32. The van der Waals surface area contributed by atoms with E-state index in [4.69, 9.17) is 0 Å². The molecular weight excluding hydrogens is 344 g/mol. The number of fused-ring (bicyclic) bond motifs is 1. The lowest BCUT2D eigenvalue weighted by molar-refractivity contribution is 0.251. The minimum absolute atomic E-state index is 0.0247. The number of likely N-dealkylation sites (tertiary alicyclic amines) is 1. The number of hydrogen-bond acceptors (Lipinski definition) is 5. The molecule has 4 rings (SSSR count). The number of aromatic nitrogens is 2. The minimum Gasteiger partial charge on any atom is -0.308 e. The number of nitrogens with zero attached hydrogens (tertiary/aromatic N) is 3. The van der Waals surface area contributed by atoms with Gasteiger partial charge in [-0.2, -0.15) is 0 Å². The molecule has 3 aromatic rings. The summed E-state index contributed by atoms with van der Waals surface area (Å²) in [5.74, 6) is 1.42. The van der Waals surface area contributed by atoms with E-state index in [2.05, 4.69) is 57.1 Å². The van der Waals surface area contributed by atoms with Gasteiger partial charge in [0.25, 0.3) is 5.56 Å². The highest BCUT2D eigenvalue weighted by Gasteiger charge is 2.23. The molecule has 1 saturated heterocycles. The Labute approximate surface area is 157 Å². The molecule has 2 aromatic heterocycles. The third-order valence-electron chi connectivity index (χ3n) is 4.97. The number of hydrogen-bond donors (Lipinski definition) is 1. The summed E-state index contributed by atoms with van der Waals surface area (Å²) in [5.41, 5.74) is 2.16. The summed E-state index contributed by atoms with van der Waals surface area (Å²) in [4.78, 5) is 24.4. The summed E-state index contributed by atoms with van der Waals surface area (Å²) in [7, 11) is 2.11. The van der Waals surface area contributed by atoms with Crippen LogP contribution in [0.4, 0.5) is 0 Å². The molecule has 0 saturated carbocycles. The molecule has 0 aliphatic carbocycles. The van der Waals surface area contributed by atoms with Crippen LogP contribution in [-0.4, -0.2) is 46.4 Å². The Kier molecular flexibility index (Phi) is 5.15. The second-order valence-electron chi connectivity index (χ2n) is 7.22. The first-order valence-electron chi connectivity index (χ1n) is 9.08. The Bertz CT molecular complexity index is 920. The van der Waals surface area contributed by atoms with Crippen molar-refractivity contribution < 1.29 is 0 Å². The molecule has 0 radical (unpaired) electrons. The topological polar surface area (TPSA) is 52.2 Å². The molecule has 0 unspecified atom stereocenters. The Morgan fingerprint density at radius 3 is 3.00 bits per heavy atom. The van der Waals surface area contributed by atoms with Gasteiger partial charge in [-0.1, -0.05) is 30.3 Å². The highest BCUT2D eigenvalue weighted by molar-refractivity contribution is 7.17. The van der Waals surface area contributed by atoms with Gasteiger partial charge < -0.3 is 4.98 Å². The van der Waals surface area contributed by atoms with E-state index in [9.17, 15) is 4.79 Å². The predicted octanol–water partition coefficient (Wildman–Crippen LogP) is 2.94. The van der Waals surface area contributed by atoms with Gasteiger partial charge in [-0.25, -0.2) is 4.98 Å². The zero-order valence-electron chi connectivity index (χ0n) is 15.0. The van der Waals surface area contributed by atoms with Crippen LogP contribution in [0.2, 0.25) is 0 Å². The van der Waals surface area contributed by atoms with Crippen LogP contribution in [0.3, 0.4) is 0 Å². The van der Waals surface area contributed by atoms with Gasteiger partial charge in [-0.15, -0.1) is 11.3 Å². The summed E-state index contributed by atoms with van der Waals surface area (Å²) in [6.45, 7) is 5.02. The minimum atomic E-state index is -0.0247. The highest BCUT2D eigenvalue weighted by Crippen LogP contribution is 2.20. The molecule has 1 aliphatic heterocycles. The van der Waals surface area contributed by atoms with Crippen LogP contribution in [-0.2, 0) is 13.1 Å². The van der Waals surface area contributed by atoms with Gasteiger partial charge in [0.2, 0.25) is 0 Å². The first-order chi connectivity index (χ1) is 12.7. The lowest BCUT2D eigenvalue weighted by Gasteiger charge is -2.21. The molecule has 136 valence electrons. The van der Waals surface area contributed by atoms with Crippen molar-refractivity contribution in [2.45, 2.75) is 19.5 Å². The molecular formula is C20H24N4OS. The molecule has 5 nitrogen and oxygen atoms in total. The molecule has 26 heavy (non-hydrogen) atoms. The Morgan fingerprint density at radius 1 is 1.31 bits per heavy atom. The van der Waals surface area contributed by atoms with Crippen molar-refractivity contribution in [1.29, 1.82) is 0 Å². The summed E-state index contributed by atoms with van der Waals surface area (Å²) >= 11 is 1.44. The van der Waals surface area contributed by atoms with E-state index in [-0.39, 0.29) is 5.56 Å². The quantitative estimate of drug-likeness (QED) is 0.727. The van der Waals surface area contributed by atoms with Gasteiger partial charge in [-0.05, 0) is 42.9 Å². The van der Waals surface area contributed by atoms with E-state index in [0.717, 1.165) is 37.5 Å². The van der Waals surface area contributed by atoms with Crippen LogP contribution in [0.1, 0.15) is 17.8 Å². The monoisotopic (exact) mass is 368 g/mol. The van der Waals surface area contributed by atoms with Gasteiger partial charge in [-0.3, -0.25) is 14.6 Å². The van der Waals surface area contributed by atoms with Crippen molar-refractivity contribution in [3.05, 3.63) is 63.5 Å². The zero-order valence-corrected chi connectivity index (χ0v) is 15.8. The highest BCUT2D eigenvalue weighted by atomic mass is 32.1. The maximum Gasteiger partial charge on any atom is 0.268 e. The maximum atomic E-state index is 12.1. The van der Waals surface area contributed by atoms with Crippen molar-refractivity contribution in [2.75, 3.05) is 26.7 Å². The molecule has 1 atom stereocenters. The first-order valence-corrected chi connectivity index (χ1v) is 9.96. The van der Waals surface area contributed by atoms with Crippen LogP contribution >= 0.6 is 11.3 Å². The predicted molar refractivity (Wildman–Crippen MR) is 106 cm³/mol. The average molecular weight is 369 g/mol. The van der Waals surface area contributed by atoms with Crippen LogP contribution < -0.4 is 5.56 Å². The maximum absolute atomic E-state index is 12.1. The van der Waals surface area contributed by atoms with Crippen molar-refractivity contribution >= 4 is 21.6 Å². The smallest absolute Gasteiger partial charge is 0.268 e. The SMILES string of the molecule is CN(Cc1nc2ccsc2c(=O)[nH]1)C[C@@H]1CCN(Cc2ccccc2)C1. The van der Waals surface area contributed by atoms with Crippen molar-refractivity contribution in [3.8, 4) is 0 Å². The van der Waals surface area contributed by atoms with Crippen LogP contribution in [0.15, 0.2) is 46.6 Å². The lowest BCUT2D eigenvalue weighted by Crippen LogP contribution is -2.29. The largest absolute Gasteiger partial charge is 0.308 e. The number of rotatable bonds is 6. The number of aromatic amines is 1. The normalized spacial score (nSPS) is 18.2. The van der Waals surface area contributed by atoms with Gasteiger partial charge in [0.15, 0.2) is 0 Å². The third-order valence-corrected chi connectivity index (χ3v) is 5.87. The number of benzene rings is 1. The molecule has 6 heteroatoms. The second kappa shape index (κ2) is 7.70. The molecule has 1 N–H and O–H groups in total. The third kappa shape index (κ3) is 4.03. The summed E-state index contributed by atoms with van der Waals surface area (Å²) < 4.78 is 0.712. The molecule has 0 bridgehead atoms. The van der Waals surface area contributed by atoms with Gasteiger partial charge in [0.05, 0.1) is 12.1 Å². The van der Waals surface area contributed by atoms with Gasteiger partial charge in [0.1, 0.15) is 10.5 Å². The van der Waals surface area contributed by atoms with E-state index in [0.29, 0.717) is 17.2 Å². The van der Waals surface area contributed by atoms with E-state index < -0.39 is 0 Å². The average Bonchev–Trinajstić information content (AvgIpc) is 3.25. The number of H-pyrrole nitrogens is 1. The number of thiophene rings is 1. The fourth-order valence-corrected chi connectivity index (χ4v) is 4.53. The van der Waals surface area contributed by atoms with Crippen LogP contribution in [0, 0.1) is 5.92 Å². The number of nitrogens with one attached hydrogen (secondary N) is 1. The van der Waals surface area contributed by atoms with Crippen LogP contribution in [0.25, 0.3) is 10.2 Å².